The van der Waals surface area contributed by atoms with Crippen molar-refractivity contribution in [3.05, 3.63) is 28.8 Å². The van der Waals surface area contributed by atoms with Crippen molar-refractivity contribution in [2.24, 2.45) is 0 Å². The van der Waals surface area contributed by atoms with Gasteiger partial charge in [0.1, 0.15) is 0 Å². The number of hydrogen-bond acceptors (Lipinski definition) is 1. The third-order valence-electron chi connectivity index (χ3n) is 2.45. The highest BCUT2D eigenvalue weighted by atomic mass is 35.5. The lowest BCUT2D eigenvalue weighted by Crippen LogP contribution is -2.31. The van der Waals surface area contributed by atoms with Crippen LogP contribution in [0.25, 0.3) is 0 Å². The summed E-state index contributed by atoms with van der Waals surface area (Å²) in [4.78, 5) is 11.4. The SMILES string of the molecule is O=C(Nc1ccc(Cl)cc1C(F)(F)F)NC1CC1. The van der Waals surface area contributed by atoms with Gasteiger partial charge in [-0.3, -0.25) is 0 Å². The van der Waals surface area contributed by atoms with Gasteiger partial charge in [0.15, 0.2) is 0 Å². The maximum Gasteiger partial charge on any atom is 0.418 e. The second-order valence-corrected chi connectivity index (χ2v) is 4.50. The van der Waals surface area contributed by atoms with Crippen molar-refractivity contribution in [3.8, 4) is 0 Å². The molecule has 1 fully saturated rings. The number of hydrogen-bond donors (Lipinski definition) is 2. The number of benzene rings is 1. The van der Waals surface area contributed by atoms with Crippen molar-refractivity contribution >= 4 is 23.3 Å². The van der Waals surface area contributed by atoms with Crippen LogP contribution in [0.4, 0.5) is 23.7 Å². The first-order valence-electron chi connectivity index (χ1n) is 5.30. The molecule has 0 aliphatic heterocycles. The fraction of sp³-hybridized carbons (Fsp3) is 0.364. The molecule has 0 bridgehead atoms. The number of nitrogens with one attached hydrogen (secondary N) is 2. The van der Waals surface area contributed by atoms with Gasteiger partial charge >= 0.3 is 12.2 Å². The molecular formula is C11H10ClF3N2O. The molecule has 7 heteroatoms. The van der Waals surface area contributed by atoms with Gasteiger partial charge in [0.2, 0.25) is 0 Å². The second-order valence-electron chi connectivity index (χ2n) is 4.06. The molecule has 0 radical (unpaired) electrons. The Labute approximate surface area is 106 Å². The molecule has 2 rings (SSSR count). The van der Waals surface area contributed by atoms with E-state index in [1.54, 1.807) is 0 Å². The number of urea groups is 1. The van der Waals surface area contributed by atoms with Gasteiger partial charge in [-0.2, -0.15) is 13.2 Å². The Balaban J connectivity index is 2.17. The van der Waals surface area contributed by atoms with Crippen molar-refractivity contribution in [2.45, 2.75) is 25.1 Å². The maximum atomic E-state index is 12.7. The molecule has 18 heavy (non-hydrogen) atoms. The summed E-state index contributed by atoms with van der Waals surface area (Å²) < 4.78 is 38.2. The zero-order valence-electron chi connectivity index (χ0n) is 9.14. The molecule has 1 aliphatic rings. The van der Waals surface area contributed by atoms with Gasteiger partial charge in [0, 0.05) is 11.1 Å². The van der Waals surface area contributed by atoms with Crippen LogP contribution in [0.15, 0.2) is 18.2 Å². The van der Waals surface area contributed by atoms with E-state index in [0.29, 0.717) is 0 Å². The largest absolute Gasteiger partial charge is 0.418 e. The summed E-state index contributed by atoms with van der Waals surface area (Å²) in [6, 6.07) is 2.66. The monoisotopic (exact) mass is 278 g/mol. The molecule has 0 saturated heterocycles. The molecule has 1 aromatic carbocycles. The average molecular weight is 279 g/mol. The van der Waals surface area contributed by atoms with Crippen LogP contribution >= 0.6 is 11.6 Å². The van der Waals surface area contributed by atoms with E-state index < -0.39 is 17.8 Å². The van der Waals surface area contributed by atoms with Gasteiger partial charge in [0.25, 0.3) is 0 Å². The van der Waals surface area contributed by atoms with E-state index in [4.69, 9.17) is 11.6 Å². The molecule has 0 aromatic heterocycles. The number of amides is 2. The molecule has 0 spiro atoms. The van der Waals surface area contributed by atoms with E-state index in [1.165, 1.54) is 6.07 Å². The Morgan fingerprint density at radius 1 is 1.33 bits per heavy atom. The number of carbonyl (C=O) groups excluding carboxylic acids is 1. The first-order valence-corrected chi connectivity index (χ1v) is 5.68. The third kappa shape index (κ3) is 3.29. The lowest BCUT2D eigenvalue weighted by Gasteiger charge is -2.14. The van der Waals surface area contributed by atoms with Gasteiger partial charge < -0.3 is 10.6 Å². The Bertz CT molecular complexity index is 472. The number of halogens is 4. The van der Waals surface area contributed by atoms with Crippen LogP contribution in [0, 0.1) is 0 Å². The van der Waals surface area contributed by atoms with E-state index >= 15 is 0 Å². The molecule has 1 saturated carbocycles. The molecule has 98 valence electrons. The lowest BCUT2D eigenvalue weighted by atomic mass is 10.1. The van der Waals surface area contributed by atoms with Crippen molar-refractivity contribution in [1.29, 1.82) is 0 Å². The highest BCUT2D eigenvalue weighted by Gasteiger charge is 2.34. The van der Waals surface area contributed by atoms with Gasteiger partial charge in [-0.25, -0.2) is 4.79 Å². The van der Waals surface area contributed by atoms with Gasteiger partial charge in [-0.15, -0.1) is 0 Å². The first-order chi connectivity index (χ1) is 8.36. The third-order valence-corrected chi connectivity index (χ3v) is 2.68. The quantitative estimate of drug-likeness (QED) is 0.852. The highest BCUT2D eigenvalue weighted by molar-refractivity contribution is 6.30. The molecular weight excluding hydrogens is 269 g/mol. The van der Waals surface area contributed by atoms with Crippen LogP contribution in [0.3, 0.4) is 0 Å². The molecule has 1 aromatic rings. The van der Waals surface area contributed by atoms with Crippen molar-refractivity contribution < 1.29 is 18.0 Å². The molecule has 3 nitrogen and oxygen atoms in total. The topological polar surface area (TPSA) is 41.1 Å². The standard InChI is InChI=1S/C11H10ClF3N2O/c12-6-1-4-9(8(5-6)11(13,14)15)17-10(18)16-7-2-3-7/h1,4-5,7H,2-3H2,(H2,16,17,18). The minimum atomic E-state index is -4.56. The van der Waals surface area contributed by atoms with E-state index in [9.17, 15) is 18.0 Å². The first kappa shape index (κ1) is 13.0. The van der Waals surface area contributed by atoms with Crippen LogP contribution in [0.5, 0.6) is 0 Å². The van der Waals surface area contributed by atoms with Crippen LogP contribution in [-0.2, 0) is 6.18 Å². The smallest absolute Gasteiger partial charge is 0.335 e. The summed E-state index contributed by atoms with van der Waals surface area (Å²) in [6.45, 7) is 0. The molecule has 2 amide bonds. The maximum absolute atomic E-state index is 12.7. The number of rotatable bonds is 2. The van der Waals surface area contributed by atoms with E-state index in [1.807, 2.05) is 0 Å². The zero-order chi connectivity index (χ0) is 13.3. The predicted octanol–water partition coefficient (Wildman–Crippen LogP) is 3.64. The normalized spacial score (nSPS) is 15.3. The summed E-state index contributed by atoms with van der Waals surface area (Å²) in [6.07, 6.45) is -2.84. The fourth-order valence-electron chi connectivity index (χ4n) is 1.43. The van der Waals surface area contributed by atoms with Gasteiger partial charge in [0.05, 0.1) is 11.3 Å². The van der Waals surface area contributed by atoms with Crippen LogP contribution in [-0.4, -0.2) is 12.1 Å². The summed E-state index contributed by atoms with van der Waals surface area (Å²) in [5.41, 5.74) is -1.26. The van der Waals surface area contributed by atoms with Gasteiger partial charge in [-0.05, 0) is 31.0 Å². The lowest BCUT2D eigenvalue weighted by molar-refractivity contribution is -0.136. The molecule has 2 N–H and O–H groups in total. The molecule has 1 aliphatic carbocycles. The highest BCUT2D eigenvalue weighted by Crippen LogP contribution is 2.36. The Morgan fingerprint density at radius 3 is 2.56 bits per heavy atom. The Hall–Kier alpha value is -1.43. The number of carbonyl (C=O) groups is 1. The van der Waals surface area contributed by atoms with Gasteiger partial charge in [-0.1, -0.05) is 11.6 Å². The van der Waals surface area contributed by atoms with E-state index in [-0.39, 0.29) is 16.8 Å². The molecule has 0 unspecified atom stereocenters. The second kappa shape index (κ2) is 4.68. The van der Waals surface area contributed by atoms with Crippen molar-refractivity contribution in [1.82, 2.24) is 5.32 Å². The minimum absolute atomic E-state index is 0.0320. The summed E-state index contributed by atoms with van der Waals surface area (Å²) >= 11 is 5.53. The summed E-state index contributed by atoms with van der Waals surface area (Å²) in [7, 11) is 0. The average Bonchev–Trinajstić information content (AvgIpc) is 3.03. The summed E-state index contributed by atoms with van der Waals surface area (Å²) in [5, 5.41) is 4.70. The Morgan fingerprint density at radius 2 is 2.00 bits per heavy atom. The predicted molar refractivity (Wildman–Crippen MR) is 61.6 cm³/mol. The fourth-order valence-corrected chi connectivity index (χ4v) is 1.60. The van der Waals surface area contributed by atoms with Crippen LogP contribution < -0.4 is 10.6 Å². The van der Waals surface area contributed by atoms with E-state index in [2.05, 4.69) is 10.6 Å². The van der Waals surface area contributed by atoms with Crippen LogP contribution in [0.1, 0.15) is 18.4 Å². The number of alkyl halides is 3. The molecule has 0 atom stereocenters. The number of anilines is 1. The van der Waals surface area contributed by atoms with Crippen molar-refractivity contribution in [2.75, 3.05) is 5.32 Å². The molecule has 0 heterocycles. The zero-order valence-corrected chi connectivity index (χ0v) is 9.90. The van der Waals surface area contributed by atoms with Crippen molar-refractivity contribution in [3.63, 3.8) is 0 Å². The van der Waals surface area contributed by atoms with E-state index in [0.717, 1.165) is 25.0 Å². The minimum Gasteiger partial charge on any atom is -0.335 e. The van der Waals surface area contributed by atoms with Crippen LogP contribution in [0.2, 0.25) is 5.02 Å². The Kier molecular flexibility index (Phi) is 3.38. The summed E-state index contributed by atoms with van der Waals surface area (Å²) in [5.74, 6) is 0.